The Balaban J connectivity index is 0.00000169. The molecule has 0 aliphatic carbocycles. The summed E-state index contributed by atoms with van der Waals surface area (Å²) < 4.78 is 32.1. The molecular weight excluding hydrogens is 195 g/mol. The molecule has 1 aromatic carbocycles. The van der Waals surface area contributed by atoms with Gasteiger partial charge in [0.15, 0.2) is 0 Å². The molecule has 3 nitrogen and oxygen atoms in total. The summed E-state index contributed by atoms with van der Waals surface area (Å²) in [6.45, 7) is 5.47. The number of hydrogen-bond acceptors (Lipinski definition) is 3. The zero-order valence-electron chi connectivity index (χ0n) is 8.79. The first-order valence-electron chi connectivity index (χ1n) is 3.86. The Morgan fingerprint density at radius 3 is 1.71 bits per heavy atom. The number of rotatable bonds is 1. The zero-order chi connectivity index (χ0) is 10.2. The molecule has 0 bridgehead atoms. The van der Waals surface area contributed by atoms with Crippen LogP contribution in [0, 0.1) is 20.8 Å². The Bertz CT molecular complexity index is 414. The number of benzene rings is 1. The Kier molecular flexibility index (Phi) is 4.41. The first kappa shape index (κ1) is 13.7. The van der Waals surface area contributed by atoms with E-state index in [1.54, 1.807) is 13.8 Å². The minimum atomic E-state index is -4.31. The number of hydrogen-bond donors (Lipinski definition) is 0. The molecule has 14 heavy (non-hydrogen) atoms. The van der Waals surface area contributed by atoms with Crippen molar-refractivity contribution in [1.82, 2.24) is 0 Å². The largest absolute Gasteiger partial charge is 1.00 e. The molecule has 0 radical (unpaired) electrons. The molecule has 0 atom stereocenters. The van der Waals surface area contributed by atoms with Crippen molar-refractivity contribution in [2.24, 2.45) is 0 Å². The minimum Gasteiger partial charge on any atom is -0.744 e. The molecule has 0 unspecified atom stereocenters. The van der Waals surface area contributed by atoms with Crippen LogP contribution in [0.1, 0.15) is 16.7 Å². The van der Waals surface area contributed by atoms with Crippen LogP contribution in [-0.4, -0.2) is 13.0 Å². The maximum atomic E-state index is 10.7. The SMILES string of the molecule is Cc1cc(S(=O)(=O)[O-])cc(C)c1C.[Li+]. The molecule has 72 valence electrons. The monoisotopic (exact) mass is 206 g/mol. The van der Waals surface area contributed by atoms with Crippen molar-refractivity contribution in [1.29, 1.82) is 0 Å². The Labute approximate surface area is 96.5 Å². The molecule has 5 heteroatoms. The topological polar surface area (TPSA) is 57.2 Å². The normalized spacial score (nSPS) is 10.9. The van der Waals surface area contributed by atoms with E-state index in [4.69, 9.17) is 0 Å². The minimum absolute atomic E-state index is 0. The number of aryl methyl sites for hydroxylation is 2. The van der Waals surface area contributed by atoms with Crippen LogP contribution < -0.4 is 18.9 Å². The molecule has 0 spiro atoms. The van der Waals surface area contributed by atoms with Gasteiger partial charge in [0.05, 0.1) is 4.90 Å². The summed E-state index contributed by atoms with van der Waals surface area (Å²) in [5.41, 5.74) is 2.68. The molecule has 0 saturated heterocycles. The average Bonchev–Trinajstić information content (AvgIpc) is 1.97. The van der Waals surface area contributed by atoms with Gasteiger partial charge in [0.2, 0.25) is 0 Å². The van der Waals surface area contributed by atoms with E-state index >= 15 is 0 Å². The van der Waals surface area contributed by atoms with E-state index in [2.05, 4.69) is 0 Å². The van der Waals surface area contributed by atoms with Crippen molar-refractivity contribution >= 4 is 10.1 Å². The molecule has 0 aromatic heterocycles. The summed E-state index contributed by atoms with van der Waals surface area (Å²) in [7, 11) is -4.31. The fourth-order valence-corrected chi connectivity index (χ4v) is 1.78. The standard InChI is InChI=1S/C9H12O3S.Li/c1-6-4-9(13(10,11)12)5-7(2)8(6)3;/h4-5H,1-3H3,(H,10,11,12);/q;+1/p-1. The second-order valence-corrected chi connectivity index (χ2v) is 4.52. The van der Waals surface area contributed by atoms with Crippen molar-refractivity contribution in [3.63, 3.8) is 0 Å². The summed E-state index contributed by atoms with van der Waals surface area (Å²) in [5.74, 6) is 0. The van der Waals surface area contributed by atoms with Crippen LogP contribution >= 0.6 is 0 Å². The van der Waals surface area contributed by atoms with Gasteiger partial charge >= 0.3 is 18.9 Å². The third-order valence-corrected chi connectivity index (χ3v) is 3.00. The quantitative estimate of drug-likeness (QED) is 0.416. The summed E-state index contributed by atoms with van der Waals surface area (Å²) in [6, 6.07) is 2.81. The van der Waals surface area contributed by atoms with E-state index in [-0.39, 0.29) is 23.8 Å². The molecule has 0 heterocycles. The maximum Gasteiger partial charge on any atom is 1.00 e. The van der Waals surface area contributed by atoms with E-state index in [9.17, 15) is 13.0 Å². The predicted octanol–water partition coefficient (Wildman–Crippen LogP) is -1.48. The van der Waals surface area contributed by atoms with Crippen LogP contribution in [0.3, 0.4) is 0 Å². The first-order chi connectivity index (χ1) is 5.82. The van der Waals surface area contributed by atoms with Gasteiger partial charge in [0, 0.05) is 0 Å². The third kappa shape index (κ3) is 2.86. The fraction of sp³-hybridized carbons (Fsp3) is 0.333. The van der Waals surface area contributed by atoms with E-state index < -0.39 is 10.1 Å². The molecular formula is C9H11LiO3S. The van der Waals surface area contributed by atoms with Crippen molar-refractivity contribution in [3.05, 3.63) is 28.8 Å². The molecule has 0 aliphatic heterocycles. The Hall–Kier alpha value is -0.273. The Morgan fingerprint density at radius 2 is 1.43 bits per heavy atom. The average molecular weight is 206 g/mol. The van der Waals surface area contributed by atoms with E-state index in [0.717, 1.165) is 16.7 Å². The van der Waals surface area contributed by atoms with Crippen LogP contribution in [-0.2, 0) is 10.1 Å². The van der Waals surface area contributed by atoms with Crippen molar-refractivity contribution in [2.45, 2.75) is 25.7 Å². The van der Waals surface area contributed by atoms with Gasteiger partial charge in [-0.25, -0.2) is 8.42 Å². The van der Waals surface area contributed by atoms with Crippen molar-refractivity contribution in [3.8, 4) is 0 Å². The summed E-state index contributed by atoms with van der Waals surface area (Å²) >= 11 is 0. The molecule has 0 amide bonds. The van der Waals surface area contributed by atoms with Crippen LogP contribution in [0.2, 0.25) is 0 Å². The van der Waals surface area contributed by atoms with Gasteiger partial charge in [-0.3, -0.25) is 0 Å². The second kappa shape index (κ2) is 4.50. The van der Waals surface area contributed by atoms with E-state index in [1.165, 1.54) is 12.1 Å². The Morgan fingerprint density at radius 1 is 1.07 bits per heavy atom. The van der Waals surface area contributed by atoms with Crippen LogP contribution in [0.5, 0.6) is 0 Å². The molecule has 0 saturated carbocycles. The van der Waals surface area contributed by atoms with Gasteiger partial charge in [-0.1, -0.05) is 0 Å². The predicted molar refractivity (Wildman–Crippen MR) is 48.6 cm³/mol. The van der Waals surface area contributed by atoms with Crippen molar-refractivity contribution in [2.75, 3.05) is 0 Å². The second-order valence-electron chi connectivity index (χ2n) is 3.14. The fourth-order valence-electron chi connectivity index (χ4n) is 1.14. The summed E-state index contributed by atoms with van der Waals surface area (Å²) in [4.78, 5) is -0.145. The third-order valence-electron chi connectivity index (χ3n) is 2.19. The molecule has 0 fully saturated rings. The molecule has 0 N–H and O–H groups in total. The summed E-state index contributed by atoms with van der Waals surface area (Å²) in [6.07, 6.45) is 0. The van der Waals surface area contributed by atoms with Gasteiger partial charge in [0.1, 0.15) is 10.1 Å². The van der Waals surface area contributed by atoms with Crippen LogP contribution in [0.25, 0.3) is 0 Å². The van der Waals surface area contributed by atoms with Crippen LogP contribution in [0.4, 0.5) is 0 Å². The molecule has 1 rings (SSSR count). The van der Waals surface area contributed by atoms with E-state index in [1.807, 2.05) is 6.92 Å². The van der Waals surface area contributed by atoms with Gasteiger partial charge < -0.3 is 4.55 Å². The molecule has 0 aliphatic rings. The smallest absolute Gasteiger partial charge is 0.744 e. The van der Waals surface area contributed by atoms with Gasteiger partial charge in [0.25, 0.3) is 0 Å². The van der Waals surface area contributed by atoms with Crippen molar-refractivity contribution < 1.29 is 31.8 Å². The zero-order valence-corrected chi connectivity index (χ0v) is 9.60. The maximum absolute atomic E-state index is 10.7. The molecule has 1 aromatic rings. The van der Waals surface area contributed by atoms with Gasteiger partial charge in [-0.2, -0.15) is 0 Å². The van der Waals surface area contributed by atoms with E-state index in [0.29, 0.717) is 0 Å². The van der Waals surface area contributed by atoms with Gasteiger partial charge in [-0.15, -0.1) is 0 Å². The van der Waals surface area contributed by atoms with Crippen LogP contribution in [0.15, 0.2) is 17.0 Å². The first-order valence-corrected chi connectivity index (χ1v) is 5.27. The summed E-state index contributed by atoms with van der Waals surface area (Å²) in [5, 5.41) is 0. The van der Waals surface area contributed by atoms with Gasteiger partial charge in [-0.05, 0) is 49.6 Å².